The molecule has 0 radical (unpaired) electrons. The maximum atomic E-state index is 12.4. The van der Waals surface area contributed by atoms with Gasteiger partial charge in [0.1, 0.15) is 0 Å². The van der Waals surface area contributed by atoms with Gasteiger partial charge in [-0.05, 0) is 51.7 Å². The Labute approximate surface area is 121 Å². The van der Waals surface area contributed by atoms with Crippen LogP contribution in [-0.2, 0) is 10.0 Å². The third kappa shape index (κ3) is 4.56. The van der Waals surface area contributed by atoms with Gasteiger partial charge in [0.15, 0.2) is 0 Å². The van der Waals surface area contributed by atoms with E-state index < -0.39 is 16.1 Å². The van der Waals surface area contributed by atoms with E-state index >= 15 is 0 Å². The van der Waals surface area contributed by atoms with Gasteiger partial charge in [0, 0.05) is 13.6 Å². The molecule has 0 aliphatic rings. The van der Waals surface area contributed by atoms with E-state index in [2.05, 4.69) is 0 Å². The van der Waals surface area contributed by atoms with E-state index in [0.717, 1.165) is 13.0 Å². The molecule has 0 aliphatic heterocycles. The van der Waals surface area contributed by atoms with Crippen molar-refractivity contribution in [3.8, 4) is 0 Å². The van der Waals surface area contributed by atoms with Crippen LogP contribution in [0.1, 0.15) is 25.0 Å². The Balaban J connectivity index is 2.84. The normalized spacial score (nSPS) is 13.9. The van der Waals surface area contributed by atoms with Gasteiger partial charge < -0.3 is 10.0 Å². The van der Waals surface area contributed by atoms with Crippen LogP contribution in [0.25, 0.3) is 0 Å². The zero-order chi connectivity index (χ0) is 15.3. The zero-order valence-electron chi connectivity index (χ0n) is 12.6. The Morgan fingerprint density at radius 2 is 1.85 bits per heavy atom. The Morgan fingerprint density at radius 3 is 2.40 bits per heavy atom. The number of aliphatic hydroxyl groups is 1. The van der Waals surface area contributed by atoms with Crippen molar-refractivity contribution in [2.75, 3.05) is 34.2 Å². The molecule has 0 aromatic heterocycles. The highest BCUT2D eigenvalue weighted by Crippen LogP contribution is 2.19. The average Bonchev–Trinajstić information content (AvgIpc) is 2.38. The molecule has 1 rings (SSSR count). The van der Waals surface area contributed by atoms with E-state index in [0.29, 0.717) is 12.1 Å². The summed E-state index contributed by atoms with van der Waals surface area (Å²) in [5.74, 6) is 0. The quantitative estimate of drug-likeness (QED) is 0.825. The predicted molar refractivity (Wildman–Crippen MR) is 80.1 cm³/mol. The number of nitrogens with zero attached hydrogens (tertiary/aromatic N) is 2. The second-order valence-corrected chi connectivity index (χ2v) is 7.28. The van der Waals surface area contributed by atoms with E-state index in [-0.39, 0.29) is 4.90 Å². The summed E-state index contributed by atoms with van der Waals surface area (Å²) in [4.78, 5) is 2.25. The largest absolute Gasteiger partial charge is 0.389 e. The van der Waals surface area contributed by atoms with Crippen LogP contribution in [0.4, 0.5) is 0 Å². The third-order valence-electron chi connectivity index (χ3n) is 3.13. The first-order valence-electron chi connectivity index (χ1n) is 6.64. The van der Waals surface area contributed by atoms with Crippen LogP contribution in [0.3, 0.4) is 0 Å². The second-order valence-electron chi connectivity index (χ2n) is 5.23. The summed E-state index contributed by atoms with van der Waals surface area (Å²) in [6, 6.07) is 6.46. The number of benzene rings is 1. The van der Waals surface area contributed by atoms with Gasteiger partial charge in [-0.15, -0.1) is 0 Å². The molecule has 0 amide bonds. The minimum Gasteiger partial charge on any atom is -0.389 e. The van der Waals surface area contributed by atoms with Crippen molar-refractivity contribution in [2.45, 2.75) is 24.3 Å². The maximum Gasteiger partial charge on any atom is 0.242 e. The summed E-state index contributed by atoms with van der Waals surface area (Å²) >= 11 is 0. The average molecular weight is 300 g/mol. The van der Waals surface area contributed by atoms with Crippen molar-refractivity contribution in [3.63, 3.8) is 0 Å². The Hall–Kier alpha value is -0.950. The van der Waals surface area contributed by atoms with Gasteiger partial charge in [-0.2, -0.15) is 0 Å². The molecule has 5 nitrogen and oxygen atoms in total. The van der Waals surface area contributed by atoms with Crippen LogP contribution in [0, 0.1) is 0 Å². The van der Waals surface area contributed by atoms with E-state index in [4.69, 9.17) is 0 Å². The zero-order valence-corrected chi connectivity index (χ0v) is 13.4. The van der Waals surface area contributed by atoms with Crippen molar-refractivity contribution in [1.29, 1.82) is 0 Å². The third-order valence-corrected chi connectivity index (χ3v) is 4.98. The summed E-state index contributed by atoms with van der Waals surface area (Å²) in [5.41, 5.74) is 0.604. The highest BCUT2D eigenvalue weighted by atomic mass is 32.2. The molecule has 0 spiro atoms. The molecule has 1 N–H and O–H groups in total. The van der Waals surface area contributed by atoms with Gasteiger partial charge in [-0.25, -0.2) is 12.7 Å². The van der Waals surface area contributed by atoms with Crippen LogP contribution in [0.15, 0.2) is 29.2 Å². The fourth-order valence-corrected chi connectivity index (χ4v) is 3.11. The molecule has 6 heteroatoms. The van der Waals surface area contributed by atoms with E-state index in [9.17, 15) is 13.5 Å². The first kappa shape index (κ1) is 17.1. The summed E-state index contributed by atoms with van der Waals surface area (Å²) in [6.45, 7) is 2.93. The van der Waals surface area contributed by atoms with Crippen LogP contribution >= 0.6 is 0 Å². The van der Waals surface area contributed by atoms with Crippen molar-refractivity contribution in [2.24, 2.45) is 0 Å². The van der Waals surface area contributed by atoms with E-state index in [1.165, 1.54) is 10.4 Å². The lowest BCUT2D eigenvalue weighted by molar-refractivity contribution is 0.199. The van der Waals surface area contributed by atoms with Crippen LogP contribution in [0.5, 0.6) is 0 Å². The molecule has 20 heavy (non-hydrogen) atoms. The molecule has 1 unspecified atom stereocenters. The summed E-state index contributed by atoms with van der Waals surface area (Å²) in [7, 11) is 2.01. The van der Waals surface area contributed by atoms with E-state index in [1.807, 2.05) is 19.0 Å². The number of sulfonamides is 1. The summed E-state index contributed by atoms with van der Waals surface area (Å²) in [5, 5.41) is 9.54. The lowest BCUT2D eigenvalue weighted by atomic mass is 10.1. The van der Waals surface area contributed by atoms with Crippen LogP contribution in [-0.4, -0.2) is 57.0 Å². The van der Waals surface area contributed by atoms with Gasteiger partial charge in [0.05, 0.1) is 11.0 Å². The first-order valence-corrected chi connectivity index (χ1v) is 8.08. The molecule has 0 fully saturated rings. The van der Waals surface area contributed by atoms with Crippen molar-refractivity contribution >= 4 is 10.0 Å². The lowest BCUT2D eigenvalue weighted by Gasteiger charge is -2.19. The summed E-state index contributed by atoms with van der Waals surface area (Å²) < 4.78 is 26.2. The Kier molecular flexibility index (Phi) is 6.13. The van der Waals surface area contributed by atoms with Crippen LogP contribution in [0.2, 0.25) is 0 Å². The predicted octanol–water partition coefficient (Wildman–Crippen LogP) is 1.31. The van der Waals surface area contributed by atoms with Gasteiger partial charge in [0.25, 0.3) is 0 Å². The fraction of sp³-hybridized carbons (Fsp3) is 0.571. The Morgan fingerprint density at radius 1 is 1.20 bits per heavy atom. The highest BCUT2D eigenvalue weighted by molar-refractivity contribution is 7.89. The SMILES string of the molecule is CC(O)c1cccc(S(=O)(=O)N(C)CCCN(C)C)c1. The second kappa shape index (κ2) is 7.17. The molecule has 1 atom stereocenters. The van der Waals surface area contributed by atoms with E-state index in [1.54, 1.807) is 32.2 Å². The molecule has 0 saturated heterocycles. The van der Waals surface area contributed by atoms with Gasteiger partial charge in [0.2, 0.25) is 10.0 Å². The van der Waals surface area contributed by atoms with Crippen molar-refractivity contribution in [1.82, 2.24) is 9.21 Å². The number of hydrogen-bond donors (Lipinski definition) is 1. The molecule has 1 aromatic carbocycles. The maximum absolute atomic E-state index is 12.4. The molecule has 0 saturated carbocycles. The topological polar surface area (TPSA) is 60.9 Å². The molecule has 0 heterocycles. The summed E-state index contributed by atoms with van der Waals surface area (Å²) in [6.07, 6.45) is 0.0999. The first-order chi connectivity index (χ1) is 9.25. The van der Waals surface area contributed by atoms with Gasteiger partial charge in [-0.1, -0.05) is 12.1 Å². The van der Waals surface area contributed by atoms with Crippen molar-refractivity contribution in [3.05, 3.63) is 29.8 Å². The minimum atomic E-state index is -3.49. The molecule has 114 valence electrons. The lowest BCUT2D eigenvalue weighted by Crippen LogP contribution is -2.30. The van der Waals surface area contributed by atoms with Crippen LogP contribution < -0.4 is 0 Å². The number of aliphatic hydroxyl groups excluding tert-OH is 1. The minimum absolute atomic E-state index is 0.225. The van der Waals surface area contributed by atoms with Gasteiger partial charge >= 0.3 is 0 Å². The highest BCUT2D eigenvalue weighted by Gasteiger charge is 2.21. The molecular formula is C14H24N2O3S. The van der Waals surface area contributed by atoms with Crippen molar-refractivity contribution < 1.29 is 13.5 Å². The monoisotopic (exact) mass is 300 g/mol. The molecule has 0 aliphatic carbocycles. The molecular weight excluding hydrogens is 276 g/mol. The molecule has 0 bridgehead atoms. The fourth-order valence-electron chi connectivity index (χ4n) is 1.84. The number of rotatable bonds is 7. The molecule has 1 aromatic rings. The number of hydrogen-bond acceptors (Lipinski definition) is 4. The standard InChI is InChI=1S/C14H24N2O3S/c1-12(17)13-7-5-8-14(11-13)20(18,19)16(4)10-6-9-15(2)3/h5,7-8,11-12,17H,6,9-10H2,1-4H3. The Bertz CT molecular complexity index is 527. The van der Waals surface area contributed by atoms with Gasteiger partial charge in [-0.3, -0.25) is 0 Å². The smallest absolute Gasteiger partial charge is 0.242 e.